The zero-order valence-electron chi connectivity index (χ0n) is 7.90. The van der Waals surface area contributed by atoms with Crippen LogP contribution in [0.15, 0.2) is 30.6 Å². The van der Waals surface area contributed by atoms with Crippen LogP contribution in [0.3, 0.4) is 0 Å². The van der Waals surface area contributed by atoms with Crippen molar-refractivity contribution >= 4 is 11.5 Å². The van der Waals surface area contributed by atoms with Crippen molar-refractivity contribution < 1.29 is 9.90 Å². The minimum atomic E-state index is -0.851. The molecule has 0 saturated carbocycles. The van der Waals surface area contributed by atoms with Gasteiger partial charge in [-0.15, -0.1) is 0 Å². The monoisotopic (exact) mass is 189 g/mol. The summed E-state index contributed by atoms with van der Waals surface area (Å²) in [4.78, 5) is 11.0. The molecule has 1 N–H and O–H groups in total. The van der Waals surface area contributed by atoms with Crippen LogP contribution in [0.5, 0.6) is 0 Å². The molecule has 0 aromatic carbocycles. The van der Waals surface area contributed by atoms with Crippen molar-refractivity contribution in [1.29, 1.82) is 0 Å². The summed E-state index contributed by atoms with van der Waals surface area (Å²) in [5.74, 6) is -0.851. The van der Waals surface area contributed by atoms with Crippen LogP contribution >= 0.6 is 0 Å². The lowest BCUT2D eigenvalue weighted by atomic mass is 10.1. The van der Waals surface area contributed by atoms with Crippen molar-refractivity contribution in [1.82, 2.24) is 4.40 Å². The Morgan fingerprint density at radius 3 is 2.93 bits per heavy atom. The number of aromatic carboxylic acids is 1. The van der Waals surface area contributed by atoms with Crippen molar-refractivity contribution in [3.05, 3.63) is 41.7 Å². The molecule has 2 rings (SSSR count). The predicted molar refractivity (Wildman–Crippen MR) is 53.7 cm³/mol. The molecular weight excluding hydrogens is 178 g/mol. The first kappa shape index (κ1) is 8.81. The first-order valence-electron chi connectivity index (χ1n) is 4.56. The summed E-state index contributed by atoms with van der Waals surface area (Å²) in [6, 6.07) is 5.56. The Morgan fingerprint density at radius 1 is 1.50 bits per heavy atom. The molecule has 0 amide bonds. The topological polar surface area (TPSA) is 41.7 Å². The van der Waals surface area contributed by atoms with Gasteiger partial charge in [-0.1, -0.05) is 13.0 Å². The minimum absolute atomic E-state index is 0.424. The number of rotatable bonds is 2. The van der Waals surface area contributed by atoms with Crippen molar-refractivity contribution in [2.45, 2.75) is 13.3 Å². The number of hydrogen-bond donors (Lipinski definition) is 1. The van der Waals surface area contributed by atoms with Gasteiger partial charge in [0.05, 0.1) is 11.1 Å². The molecule has 0 aliphatic rings. The van der Waals surface area contributed by atoms with Gasteiger partial charge in [0.1, 0.15) is 0 Å². The van der Waals surface area contributed by atoms with Crippen LogP contribution in [0.4, 0.5) is 0 Å². The summed E-state index contributed by atoms with van der Waals surface area (Å²) < 4.78 is 1.85. The quantitative estimate of drug-likeness (QED) is 0.786. The molecule has 2 aromatic heterocycles. The van der Waals surface area contributed by atoms with Gasteiger partial charge in [0, 0.05) is 12.4 Å². The van der Waals surface area contributed by atoms with Crippen molar-refractivity contribution in [3.8, 4) is 0 Å². The summed E-state index contributed by atoms with van der Waals surface area (Å²) in [5.41, 5.74) is 2.06. The molecule has 0 unspecified atom stereocenters. The van der Waals surface area contributed by atoms with Crippen LogP contribution in [-0.4, -0.2) is 15.5 Å². The highest BCUT2D eigenvalue weighted by molar-refractivity contribution is 5.97. The Balaban J connectivity index is 2.81. The second-order valence-electron chi connectivity index (χ2n) is 3.18. The summed E-state index contributed by atoms with van der Waals surface area (Å²) in [6.07, 6.45) is 4.48. The summed E-state index contributed by atoms with van der Waals surface area (Å²) >= 11 is 0. The number of carboxylic acid groups (broad SMARTS) is 1. The van der Waals surface area contributed by atoms with Gasteiger partial charge in [0.15, 0.2) is 0 Å². The summed E-state index contributed by atoms with van der Waals surface area (Å²) in [6.45, 7) is 1.96. The van der Waals surface area contributed by atoms with Gasteiger partial charge < -0.3 is 9.51 Å². The summed E-state index contributed by atoms with van der Waals surface area (Å²) in [7, 11) is 0. The largest absolute Gasteiger partial charge is 0.478 e. The molecule has 0 atom stereocenters. The fourth-order valence-corrected chi connectivity index (χ4v) is 1.69. The highest BCUT2D eigenvalue weighted by Crippen LogP contribution is 2.18. The molecule has 3 nitrogen and oxygen atoms in total. The number of aryl methyl sites for hydroxylation is 1. The third-order valence-corrected chi connectivity index (χ3v) is 2.36. The molecular formula is C11H11NO2. The molecule has 2 heterocycles. The molecule has 72 valence electrons. The van der Waals surface area contributed by atoms with E-state index in [1.165, 1.54) is 0 Å². The Hall–Kier alpha value is -1.77. The molecule has 0 radical (unpaired) electrons. The molecule has 14 heavy (non-hydrogen) atoms. The number of fused-ring (bicyclic) bond motifs is 1. The van der Waals surface area contributed by atoms with Crippen LogP contribution in [0.25, 0.3) is 5.52 Å². The molecule has 0 bridgehead atoms. The van der Waals surface area contributed by atoms with Crippen LogP contribution < -0.4 is 0 Å². The zero-order valence-corrected chi connectivity index (χ0v) is 7.90. The Bertz CT molecular complexity index is 485. The zero-order chi connectivity index (χ0) is 10.1. The summed E-state index contributed by atoms with van der Waals surface area (Å²) in [5, 5.41) is 9.07. The normalized spacial score (nSPS) is 10.6. The van der Waals surface area contributed by atoms with Gasteiger partial charge in [0.25, 0.3) is 0 Å². The van der Waals surface area contributed by atoms with Crippen molar-refractivity contribution in [2.24, 2.45) is 0 Å². The number of carboxylic acids is 1. The second-order valence-corrected chi connectivity index (χ2v) is 3.18. The number of nitrogens with zero attached hydrogens (tertiary/aromatic N) is 1. The van der Waals surface area contributed by atoms with E-state index in [1.54, 1.807) is 0 Å². The molecule has 0 aliphatic heterocycles. The maximum Gasteiger partial charge on any atom is 0.338 e. The first-order valence-corrected chi connectivity index (χ1v) is 4.56. The lowest BCUT2D eigenvalue weighted by Crippen LogP contribution is -1.98. The van der Waals surface area contributed by atoms with Crippen LogP contribution in [-0.2, 0) is 6.42 Å². The SMILES string of the molecule is CCc1cn2ccccc2c1C(=O)O. The highest BCUT2D eigenvalue weighted by atomic mass is 16.4. The minimum Gasteiger partial charge on any atom is -0.478 e. The van der Waals surface area contributed by atoms with Crippen LogP contribution in [0.2, 0.25) is 0 Å². The Morgan fingerprint density at radius 2 is 2.29 bits per heavy atom. The van der Waals surface area contributed by atoms with Gasteiger partial charge in [-0.3, -0.25) is 0 Å². The average Bonchev–Trinajstić information content (AvgIpc) is 2.55. The lowest BCUT2D eigenvalue weighted by Gasteiger charge is -1.95. The van der Waals surface area contributed by atoms with E-state index in [-0.39, 0.29) is 0 Å². The molecule has 0 saturated heterocycles. The Labute approximate surface area is 81.6 Å². The third kappa shape index (κ3) is 1.18. The molecule has 3 heteroatoms. The fourth-order valence-electron chi connectivity index (χ4n) is 1.69. The molecule has 2 aromatic rings. The lowest BCUT2D eigenvalue weighted by molar-refractivity contribution is 0.0698. The van der Waals surface area contributed by atoms with E-state index >= 15 is 0 Å². The van der Waals surface area contributed by atoms with Crippen molar-refractivity contribution in [2.75, 3.05) is 0 Å². The standard InChI is InChI=1S/C11H11NO2/c1-2-8-7-12-6-4-3-5-9(12)10(8)11(13)14/h3-7H,2H2,1H3,(H,13,14). The van der Waals surface area contributed by atoms with E-state index in [1.807, 2.05) is 41.9 Å². The van der Waals surface area contributed by atoms with Gasteiger partial charge in [-0.25, -0.2) is 4.79 Å². The van der Waals surface area contributed by atoms with Crippen LogP contribution in [0.1, 0.15) is 22.8 Å². The van der Waals surface area contributed by atoms with E-state index in [2.05, 4.69) is 0 Å². The molecule has 0 aliphatic carbocycles. The van der Waals surface area contributed by atoms with E-state index < -0.39 is 5.97 Å². The Kier molecular flexibility index (Phi) is 2.00. The maximum atomic E-state index is 11.0. The van der Waals surface area contributed by atoms with Gasteiger partial charge in [0.2, 0.25) is 0 Å². The molecule has 0 fully saturated rings. The first-order chi connectivity index (χ1) is 6.74. The van der Waals surface area contributed by atoms with Crippen molar-refractivity contribution in [3.63, 3.8) is 0 Å². The van der Waals surface area contributed by atoms with E-state index in [0.717, 1.165) is 17.5 Å². The number of aromatic nitrogens is 1. The van der Waals surface area contributed by atoms with Crippen LogP contribution in [0, 0.1) is 0 Å². The van der Waals surface area contributed by atoms with Gasteiger partial charge in [-0.2, -0.15) is 0 Å². The van der Waals surface area contributed by atoms with E-state index in [0.29, 0.717) is 5.56 Å². The van der Waals surface area contributed by atoms with Gasteiger partial charge >= 0.3 is 5.97 Å². The van der Waals surface area contributed by atoms with Gasteiger partial charge in [-0.05, 0) is 24.1 Å². The average molecular weight is 189 g/mol. The maximum absolute atomic E-state index is 11.0. The number of pyridine rings is 1. The fraction of sp³-hybridized carbons (Fsp3) is 0.182. The van der Waals surface area contributed by atoms with E-state index in [9.17, 15) is 4.79 Å². The number of hydrogen-bond acceptors (Lipinski definition) is 1. The van der Waals surface area contributed by atoms with E-state index in [4.69, 9.17) is 5.11 Å². The third-order valence-electron chi connectivity index (χ3n) is 2.36. The second kappa shape index (κ2) is 3.18. The smallest absolute Gasteiger partial charge is 0.338 e. The predicted octanol–water partition coefficient (Wildman–Crippen LogP) is 2.20. The number of carbonyl (C=O) groups is 1. The molecule has 0 spiro atoms. The highest BCUT2D eigenvalue weighted by Gasteiger charge is 2.14.